The van der Waals surface area contributed by atoms with Crippen LogP contribution in [0.1, 0.15) is 37.0 Å². The van der Waals surface area contributed by atoms with Gasteiger partial charge in [0.2, 0.25) is 5.91 Å². The predicted octanol–water partition coefficient (Wildman–Crippen LogP) is 2.34. The Bertz CT molecular complexity index is 598. The number of aromatic carboxylic acids is 1. The van der Waals surface area contributed by atoms with Crippen LogP contribution in [0.15, 0.2) is 24.3 Å². The lowest BCUT2D eigenvalue weighted by atomic mass is 10.1. The summed E-state index contributed by atoms with van der Waals surface area (Å²) in [5.41, 5.74) is 0.231. The zero-order valence-corrected chi connectivity index (χ0v) is 15.4. The number of carbonyl (C=O) groups excluding carboxylic acids is 1. The summed E-state index contributed by atoms with van der Waals surface area (Å²) in [5, 5.41) is 8.94. The minimum absolute atomic E-state index is 0.0396. The molecule has 0 radical (unpaired) electrons. The summed E-state index contributed by atoms with van der Waals surface area (Å²) >= 11 is 0. The molecule has 0 spiro atoms. The minimum Gasteiger partial charge on any atom is -0.491 e. The van der Waals surface area contributed by atoms with E-state index in [2.05, 4.69) is 4.90 Å². The van der Waals surface area contributed by atoms with E-state index in [0.29, 0.717) is 30.7 Å². The quantitative estimate of drug-likeness (QED) is 0.819. The van der Waals surface area contributed by atoms with E-state index in [0.717, 1.165) is 13.0 Å². The Morgan fingerprint density at radius 1 is 1.28 bits per heavy atom. The number of carboxylic acids is 1. The number of carboxylic acid groups (broad SMARTS) is 1. The molecule has 1 aromatic rings. The van der Waals surface area contributed by atoms with Crippen molar-refractivity contribution in [2.75, 3.05) is 27.2 Å². The molecule has 0 bridgehead atoms. The van der Waals surface area contributed by atoms with Crippen LogP contribution in [0.3, 0.4) is 0 Å². The largest absolute Gasteiger partial charge is 0.491 e. The highest BCUT2D eigenvalue weighted by Crippen LogP contribution is 2.24. The molecule has 138 valence electrons. The van der Waals surface area contributed by atoms with E-state index in [1.807, 2.05) is 32.8 Å². The number of hydrogen-bond acceptors (Lipinski definition) is 4. The smallest absolute Gasteiger partial charge is 0.335 e. The van der Waals surface area contributed by atoms with Crippen molar-refractivity contribution in [2.24, 2.45) is 5.92 Å². The molecular weight excluding hydrogens is 320 g/mol. The van der Waals surface area contributed by atoms with Gasteiger partial charge in [0.15, 0.2) is 0 Å². The molecule has 6 nitrogen and oxygen atoms in total. The molecule has 0 unspecified atom stereocenters. The van der Waals surface area contributed by atoms with Crippen LogP contribution in [-0.4, -0.2) is 66.1 Å². The Labute approximate surface area is 149 Å². The average Bonchev–Trinajstić information content (AvgIpc) is 2.97. The van der Waals surface area contributed by atoms with Gasteiger partial charge in [0.05, 0.1) is 11.6 Å². The topological polar surface area (TPSA) is 70.1 Å². The van der Waals surface area contributed by atoms with Crippen LogP contribution in [0, 0.1) is 5.92 Å². The molecule has 6 heteroatoms. The van der Waals surface area contributed by atoms with Crippen molar-refractivity contribution in [2.45, 2.75) is 38.8 Å². The summed E-state index contributed by atoms with van der Waals surface area (Å²) in [6.07, 6.45) is 1.42. The number of amides is 1. The third-order valence-electron chi connectivity index (χ3n) is 4.57. The first-order chi connectivity index (χ1) is 11.8. The van der Waals surface area contributed by atoms with E-state index in [1.165, 1.54) is 12.1 Å². The SMILES string of the molecule is CC(C)CC(=O)N1C[C@@H](N(C)C)C[C@H]1COc1ccc(C(=O)O)cc1. The lowest BCUT2D eigenvalue weighted by Gasteiger charge is -2.25. The molecule has 1 aliphatic rings. The highest BCUT2D eigenvalue weighted by atomic mass is 16.5. The van der Waals surface area contributed by atoms with Gasteiger partial charge in [-0.25, -0.2) is 4.79 Å². The first-order valence-electron chi connectivity index (χ1n) is 8.70. The first-order valence-corrected chi connectivity index (χ1v) is 8.70. The van der Waals surface area contributed by atoms with Crippen LogP contribution >= 0.6 is 0 Å². The van der Waals surface area contributed by atoms with Crippen molar-refractivity contribution < 1.29 is 19.4 Å². The van der Waals surface area contributed by atoms with E-state index in [1.54, 1.807) is 12.1 Å². The van der Waals surface area contributed by atoms with Gasteiger partial charge in [-0.15, -0.1) is 0 Å². The number of likely N-dealkylation sites (N-methyl/N-ethyl adjacent to an activating group) is 1. The Hall–Kier alpha value is -2.08. The third kappa shape index (κ3) is 5.19. The van der Waals surface area contributed by atoms with Crippen molar-refractivity contribution >= 4 is 11.9 Å². The van der Waals surface area contributed by atoms with Gasteiger partial charge < -0.3 is 19.6 Å². The molecule has 1 aromatic carbocycles. The number of ether oxygens (including phenoxy) is 1. The molecule has 0 aliphatic carbocycles. The second kappa shape index (κ2) is 8.34. The van der Waals surface area contributed by atoms with Crippen LogP contribution < -0.4 is 4.74 Å². The minimum atomic E-state index is -0.957. The molecule has 1 aliphatic heterocycles. The maximum Gasteiger partial charge on any atom is 0.335 e. The molecule has 25 heavy (non-hydrogen) atoms. The van der Waals surface area contributed by atoms with Crippen molar-refractivity contribution in [3.05, 3.63) is 29.8 Å². The molecular formula is C19H28N2O4. The lowest BCUT2D eigenvalue weighted by molar-refractivity contribution is -0.133. The van der Waals surface area contributed by atoms with E-state index in [9.17, 15) is 9.59 Å². The Morgan fingerprint density at radius 3 is 2.44 bits per heavy atom. The van der Waals surface area contributed by atoms with Crippen molar-refractivity contribution in [1.29, 1.82) is 0 Å². The van der Waals surface area contributed by atoms with Gasteiger partial charge in [-0.1, -0.05) is 13.8 Å². The van der Waals surface area contributed by atoms with E-state index in [-0.39, 0.29) is 17.5 Å². The van der Waals surface area contributed by atoms with Gasteiger partial charge in [0.1, 0.15) is 12.4 Å². The van der Waals surface area contributed by atoms with Gasteiger partial charge in [-0.3, -0.25) is 4.79 Å². The van der Waals surface area contributed by atoms with E-state index in [4.69, 9.17) is 9.84 Å². The van der Waals surface area contributed by atoms with Crippen LogP contribution in [-0.2, 0) is 4.79 Å². The number of nitrogens with zero attached hydrogens (tertiary/aromatic N) is 2. The van der Waals surface area contributed by atoms with Crippen LogP contribution in [0.2, 0.25) is 0 Å². The molecule has 1 heterocycles. The number of rotatable bonds is 7. The van der Waals surface area contributed by atoms with Crippen LogP contribution in [0.4, 0.5) is 0 Å². The Kier molecular flexibility index (Phi) is 6.42. The third-order valence-corrected chi connectivity index (χ3v) is 4.57. The van der Waals surface area contributed by atoms with Crippen LogP contribution in [0.5, 0.6) is 5.75 Å². The maximum atomic E-state index is 12.6. The predicted molar refractivity (Wildman–Crippen MR) is 95.9 cm³/mol. The zero-order chi connectivity index (χ0) is 18.6. The molecule has 1 amide bonds. The van der Waals surface area contributed by atoms with E-state index >= 15 is 0 Å². The lowest BCUT2D eigenvalue weighted by Crippen LogP contribution is -2.40. The van der Waals surface area contributed by atoms with Gasteiger partial charge in [-0.2, -0.15) is 0 Å². The van der Waals surface area contributed by atoms with Gasteiger partial charge >= 0.3 is 5.97 Å². The summed E-state index contributed by atoms with van der Waals surface area (Å²) in [7, 11) is 4.06. The van der Waals surface area contributed by atoms with Gasteiger partial charge in [0.25, 0.3) is 0 Å². The molecule has 1 N–H and O–H groups in total. The fourth-order valence-electron chi connectivity index (χ4n) is 3.08. The summed E-state index contributed by atoms with van der Waals surface area (Å²) < 4.78 is 5.83. The summed E-state index contributed by atoms with van der Waals surface area (Å²) in [6.45, 7) is 5.24. The normalized spacial score (nSPS) is 20.3. The van der Waals surface area contributed by atoms with E-state index < -0.39 is 5.97 Å². The number of carbonyl (C=O) groups is 2. The number of hydrogen-bond donors (Lipinski definition) is 1. The highest BCUT2D eigenvalue weighted by Gasteiger charge is 2.36. The van der Waals surface area contributed by atoms with Crippen molar-refractivity contribution in [3.63, 3.8) is 0 Å². The monoisotopic (exact) mass is 348 g/mol. The summed E-state index contributed by atoms with van der Waals surface area (Å²) in [6, 6.07) is 6.73. The second-order valence-electron chi connectivity index (χ2n) is 7.29. The first kappa shape index (κ1) is 19.2. The molecule has 1 fully saturated rings. The highest BCUT2D eigenvalue weighted by molar-refractivity contribution is 5.87. The Morgan fingerprint density at radius 2 is 1.92 bits per heavy atom. The second-order valence-corrected chi connectivity index (χ2v) is 7.29. The van der Waals surface area contributed by atoms with Crippen molar-refractivity contribution in [1.82, 2.24) is 9.80 Å². The van der Waals surface area contributed by atoms with Gasteiger partial charge in [-0.05, 0) is 50.7 Å². The maximum absolute atomic E-state index is 12.6. The molecule has 2 rings (SSSR count). The molecule has 0 aromatic heterocycles. The van der Waals surface area contributed by atoms with Crippen LogP contribution in [0.25, 0.3) is 0 Å². The van der Waals surface area contributed by atoms with Crippen molar-refractivity contribution in [3.8, 4) is 5.75 Å². The Balaban J connectivity index is 2.01. The average molecular weight is 348 g/mol. The standard InChI is InChI=1S/C19H28N2O4/c1-13(2)9-18(22)21-11-15(20(3)4)10-16(21)12-25-17-7-5-14(6-8-17)19(23)24/h5-8,13,15-16H,9-12H2,1-4H3,(H,23,24)/t15-,16-/m0/s1. The molecule has 2 atom stereocenters. The number of benzene rings is 1. The fourth-order valence-corrected chi connectivity index (χ4v) is 3.08. The molecule has 0 saturated carbocycles. The number of likely N-dealkylation sites (tertiary alicyclic amines) is 1. The zero-order valence-electron chi connectivity index (χ0n) is 15.4. The fraction of sp³-hybridized carbons (Fsp3) is 0.579. The molecule has 1 saturated heterocycles. The summed E-state index contributed by atoms with van der Waals surface area (Å²) in [4.78, 5) is 27.5. The summed E-state index contributed by atoms with van der Waals surface area (Å²) in [5.74, 6) is 0.168. The van der Waals surface area contributed by atoms with Gasteiger partial charge in [0, 0.05) is 19.0 Å².